The average Bonchev–Trinajstić information content (AvgIpc) is 3.04. The van der Waals surface area contributed by atoms with Crippen LogP contribution in [0.3, 0.4) is 0 Å². The summed E-state index contributed by atoms with van der Waals surface area (Å²) in [5.74, 6) is 0.951. The van der Waals surface area contributed by atoms with Crippen molar-refractivity contribution in [2.45, 2.75) is 19.3 Å². The molecule has 4 nitrogen and oxygen atoms in total. The standard InChI is InChI=1S/C20H24N2O2/c1-24-18-9-6-16(7-10-18)8-11-20(23)21-13-15-22-14-12-17-4-2-3-5-19(17)22/h2-7,9-10H,8,11-15H2,1H3,(H,21,23). The van der Waals surface area contributed by atoms with Gasteiger partial charge in [-0.15, -0.1) is 0 Å². The maximum atomic E-state index is 12.0. The van der Waals surface area contributed by atoms with Crippen LogP contribution in [0.4, 0.5) is 5.69 Å². The van der Waals surface area contributed by atoms with E-state index in [1.54, 1.807) is 7.11 Å². The molecule has 126 valence electrons. The van der Waals surface area contributed by atoms with Crippen molar-refractivity contribution in [2.24, 2.45) is 0 Å². The van der Waals surface area contributed by atoms with Gasteiger partial charge in [-0.2, -0.15) is 0 Å². The van der Waals surface area contributed by atoms with Crippen LogP contribution in [0.5, 0.6) is 5.75 Å². The third-order valence-corrected chi connectivity index (χ3v) is 4.49. The number of fused-ring (bicyclic) bond motifs is 1. The summed E-state index contributed by atoms with van der Waals surface area (Å²) in [7, 11) is 1.65. The van der Waals surface area contributed by atoms with Crippen molar-refractivity contribution in [1.82, 2.24) is 5.32 Å². The Balaban J connectivity index is 1.38. The normalized spacial score (nSPS) is 12.8. The van der Waals surface area contributed by atoms with E-state index in [-0.39, 0.29) is 5.91 Å². The number of ether oxygens (including phenoxy) is 1. The van der Waals surface area contributed by atoms with Gasteiger partial charge in [0.2, 0.25) is 5.91 Å². The summed E-state index contributed by atoms with van der Waals surface area (Å²) in [6, 6.07) is 16.4. The maximum Gasteiger partial charge on any atom is 0.220 e. The number of carbonyl (C=O) groups excluding carboxylic acids is 1. The predicted octanol–water partition coefficient (Wildman–Crippen LogP) is 2.81. The van der Waals surface area contributed by atoms with Crippen molar-refractivity contribution in [3.05, 3.63) is 59.7 Å². The minimum Gasteiger partial charge on any atom is -0.497 e. The van der Waals surface area contributed by atoms with E-state index in [1.165, 1.54) is 11.3 Å². The van der Waals surface area contributed by atoms with Gasteiger partial charge in [-0.25, -0.2) is 0 Å². The highest BCUT2D eigenvalue weighted by molar-refractivity contribution is 5.76. The molecule has 3 rings (SSSR count). The van der Waals surface area contributed by atoms with Gasteiger partial charge in [0.25, 0.3) is 0 Å². The van der Waals surface area contributed by atoms with E-state index in [0.29, 0.717) is 13.0 Å². The molecular weight excluding hydrogens is 300 g/mol. The molecule has 0 aliphatic carbocycles. The van der Waals surface area contributed by atoms with Crippen LogP contribution in [0.25, 0.3) is 0 Å². The lowest BCUT2D eigenvalue weighted by molar-refractivity contribution is -0.120. The first-order valence-corrected chi connectivity index (χ1v) is 8.49. The lowest BCUT2D eigenvalue weighted by Crippen LogP contribution is -2.34. The number of amides is 1. The second kappa shape index (κ2) is 7.86. The number of anilines is 1. The van der Waals surface area contributed by atoms with Crippen molar-refractivity contribution in [3.8, 4) is 5.75 Å². The molecule has 1 aliphatic heterocycles. The van der Waals surface area contributed by atoms with E-state index in [9.17, 15) is 4.79 Å². The Morgan fingerprint density at radius 2 is 1.96 bits per heavy atom. The van der Waals surface area contributed by atoms with Gasteiger partial charge in [-0.05, 0) is 42.2 Å². The van der Waals surface area contributed by atoms with Gasteiger partial charge in [-0.3, -0.25) is 4.79 Å². The first-order chi connectivity index (χ1) is 11.8. The van der Waals surface area contributed by atoms with Gasteiger partial charge < -0.3 is 15.0 Å². The molecule has 0 bridgehead atoms. The van der Waals surface area contributed by atoms with Crippen LogP contribution in [-0.2, 0) is 17.6 Å². The highest BCUT2D eigenvalue weighted by Crippen LogP contribution is 2.26. The smallest absolute Gasteiger partial charge is 0.220 e. The molecule has 0 atom stereocenters. The Morgan fingerprint density at radius 3 is 2.75 bits per heavy atom. The Hall–Kier alpha value is -2.49. The quantitative estimate of drug-likeness (QED) is 0.851. The molecule has 0 saturated carbocycles. The van der Waals surface area contributed by atoms with Crippen LogP contribution in [-0.4, -0.2) is 32.7 Å². The number of methoxy groups -OCH3 is 1. The molecule has 4 heteroatoms. The molecule has 1 N–H and O–H groups in total. The number of carbonyl (C=O) groups is 1. The zero-order chi connectivity index (χ0) is 16.8. The second-order valence-corrected chi connectivity index (χ2v) is 6.06. The van der Waals surface area contributed by atoms with Gasteiger partial charge in [0.05, 0.1) is 7.11 Å². The molecule has 0 aromatic heterocycles. The van der Waals surface area contributed by atoms with E-state index in [4.69, 9.17) is 4.74 Å². The Labute approximate surface area is 143 Å². The molecular formula is C20H24N2O2. The highest BCUT2D eigenvalue weighted by atomic mass is 16.5. The summed E-state index contributed by atoms with van der Waals surface area (Å²) in [6.45, 7) is 2.60. The fourth-order valence-electron chi connectivity index (χ4n) is 3.11. The first kappa shape index (κ1) is 16.4. The molecule has 2 aromatic carbocycles. The van der Waals surface area contributed by atoms with E-state index in [2.05, 4.69) is 34.5 Å². The molecule has 1 aliphatic rings. The van der Waals surface area contributed by atoms with Gasteiger partial charge in [0.15, 0.2) is 0 Å². The van der Waals surface area contributed by atoms with E-state index < -0.39 is 0 Å². The van der Waals surface area contributed by atoms with E-state index in [0.717, 1.165) is 37.2 Å². The first-order valence-electron chi connectivity index (χ1n) is 8.49. The molecule has 1 amide bonds. The zero-order valence-corrected chi connectivity index (χ0v) is 14.1. The van der Waals surface area contributed by atoms with E-state index in [1.807, 2.05) is 24.3 Å². The molecule has 24 heavy (non-hydrogen) atoms. The van der Waals surface area contributed by atoms with E-state index >= 15 is 0 Å². The topological polar surface area (TPSA) is 41.6 Å². The summed E-state index contributed by atoms with van der Waals surface area (Å²) in [6.07, 6.45) is 2.37. The third kappa shape index (κ3) is 4.07. The van der Waals surface area contributed by atoms with Gasteiger partial charge >= 0.3 is 0 Å². The van der Waals surface area contributed by atoms with Gasteiger partial charge in [-0.1, -0.05) is 30.3 Å². The fraction of sp³-hybridized carbons (Fsp3) is 0.350. The second-order valence-electron chi connectivity index (χ2n) is 6.06. The summed E-state index contributed by atoms with van der Waals surface area (Å²) in [5, 5.41) is 3.03. The zero-order valence-electron chi connectivity index (χ0n) is 14.1. The van der Waals surface area contributed by atoms with Crippen molar-refractivity contribution < 1.29 is 9.53 Å². The molecule has 1 heterocycles. The molecule has 0 unspecified atom stereocenters. The summed E-state index contributed by atoms with van der Waals surface area (Å²) >= 11 is 0. The van der Waals surface area contributed by atoms with Crippen LogP contribution in [0.1, 0.15) is 17.5 Å². The minimum absolute atomic E-state index is 0.110. The lowest BCUT2D eigenvalue weighted by atomic mass is 10.1. The largest absolute Gasteiger partial charge is 0.497 e. The van der Waals surface area contributed by atoms with Gasteiger partial charge in [0, 0.05) is 31.7 Å². The van der Waals surface area contributed by atoms with Crippen molar-refractivity contribution in [2.75, 3.05) is 31.6 Å². The number of nitrogens with one attached hydrogen (secondary N) is 1. The van der Waals surface area contributed by atoms with Crippen LogP contribution < -0.4 is 15.0 Å². The fourth-order valence-corrected chi connectivity index (χ4v) is 3.11. The number of aryl methyl sites for hydroxylation is 1. The van der Waals surface area contributed by atoms with Gasteiger partial charge in [0.1, 0.15) is 5.75 Å². The summed E-state index contributed by atoms with van der Waals surface area (Å²) < 4.78 is 5.14. The Kier molecular flexibility index (Phi) is 5.36. The van der Waals surface area contributed by atoms with Crippen molar-refractivity contribution >= 4 is 11.6 Å². The maximum absolute atomic E-state index is 12.0. The number of para-hydroxylation sites is 1. The molecule has 0 saturated heterocycles. The number of nitrogens with zero attached hydrogens (tertiary/aromatic N) is 1. The number of benzene rings is 2. The third-order valence-electron chi connectivity index (χ3n) is 4.49. The minimum atomic E-state index is 0.110. The lowest BCUT2D eigenvalue weighted by Gasteiger charge is -2.19. The highest BCUT2D eigenvalue weighted by Gasteiger charge is 2.17. The predicted molar refractivity (Wildman–Crippen MR) is 96.7 cm³/mol. The Bertz CT molecular complexity index is 682. The molecule has 0 spiro atoms. The molecule has 2 aromatic rings. The summed E-state index contributed by atoms with van der Waals surface area (Å²) in [4.78, 5) is 14.4. The number of hydrogen-bond donors (Lipinski definition) is 1. The van der Waals surface area contributed by atoms with Crippen molar-refractivity contribution in [1.29, 1.82) is 0 Å². The molecule has 0 radical (unpaired) electrons. The number of rotatable bonds is 7. The molecule has 0 fully saturated rings. The number of hydrogen-bond acceptors (Lipinski definition) is 3. The average molecular weight is 324 g/mol. The van der Waals surface area contributed by atoms with Crippen LogP contribution in [0, 0.1) is 0 Å². The van der Waals surface area contributed by atoms with Crippen LogP contribution in [0.2, 0.25) is 0 Å². The SMILES string of the molecule is COc1ccc(CCC(=O)NCCN2CCc3ccccc32)cc1. The Morgan fingerprint density at radius 1 is 1.17 bits per heavy atom. The van der Waals surface area contributed by atoms with Crippen molar-refractivity contribution in [3.63, 3.8) is 0 Å². The monoisotopic (exact) mass is 324 g/mol. The van der Waals surface area contributed by atoms with Crippen LogP contribution in [0.15, 0.2) is 48.5 Å². The summed E-state index contributed by atoms with van der Waals surface area (Å²) in [5.41, 5.74) is 3.87. The van der Waals surface area contributed by atoms with Crippen LogP contribution >= 0.6 is 0 Å².